The van der Waals surface area contributed by atoms with Crippen LogP contribution in [0.3, 0.4) is 0 Å². The van der Waals surface area contributed by atoms with E-state index in [1.807, 2.05) is 56.3 Å². The highest BCUT2D eigenvalue weighted by molar-refractivity contribution is 6.20. The Balaban J connectivity index is 1.38. The average Bonchev–Trinajstić information content (AvgIpc) is 3.58. The summed E-state index contributed by atoms with van der Waals surface area (Å²) < 4.78 is 9.76. The van der Waals surface area contributed by atoms with Crippen LogP contribution in [0, 0.1) is 0 Å². The maximum absolute atomic E-state index is 13.9. The largest absolute Gasteiger partial charge is 0.558 e. The molecular formula is C31H37N6O5+. The Morgan fingerprint density at radius 1 is 1.00 bits per heavy atom. The molecule has 1 saturated heterocycles. The molecule has 0 aliphatic carbocycles. The highest BCUT2D eigenvalue weighted by Gasteiger charge is 2.60. The predicted octanol–water partition coefficient (Wildman–Crippen LogP) is 4.24. The number of carbonyl (C=O) groups excluding carboxylic acids is 3. The van der Waals surface area contributed by atoms with Crippen LogP contribution in [0.15, 0.2) is 76.4 Å². The van der Waals surface area contributed by atoms with Crippen molar-refractivity contribution in [1.29, 1.82) is 0 Å². The summed E-state index contributed by atoms with van der Waals surface area (Å²) in [5.41, 5.74) is 1.64. The molecule has 3 heterocycles. The highest BCUT2D eigenvalue weighted by atomic mass is 16.6. The van der Waals surface area contributed by atoms with Gasteiger partial charge in [0.15, 0.2) is 0 Å². The smallest absolute Gasteiger partial charge is 0.454 e. The van der Waals surface area contributed by atoms with E-state index >= 15 is 0 Å². The lowest BCUT2D eigenvalue weighted by Gasteiger charge is -2.32. The van der Waals surface area contributed by atoms with Crippen molar-refractivity contribution in [3.63, 3.8) is 0 Å². The molecule has 0 saturated carbocycles. The van der Waals surface area contributed by atoms with Crippen molar-refractivity contribution in [2.24, 2.45) is 5.10 Å². The van der Waals surface area contributed by atoms with Crippen LogP contribution in [-0.2, 0) is 16.8 Å². The van der Waals surface area contributed by atoms with Gasteiger partial charge in [0.2, 0.25) is 17.3 Å². The topological polar surface area (TPSA) is 116 Å². The Bertz CT molecular complexity index is 1470. The minimum atomic E-state index is -1.19. The van der Waals surface area contributed by atoms with E-state index in [2.05, 4.69) is 32.6 Å². The van der Waals surface area contributed by atoms with Crippen molar-refractivity contribution >= 4 is 29.6 Å². The first-order valence-electron chi connectivity index (χ1n) is 14.1. The zero-order valence-corrected chi connectivity index (χ0v) is 24.4. The molecule has 1 atom stereocenters. The van der Waals surface area contributed by atoms with Crippen LogP contribution in [0.4, 0.5) is 15.3 Å². The number of imide groups is 1. The fourth-order valence-electron chi connectivity index (χ4n) is 5.14. The summed E-state index contributed by atoms with van der Waals surface area (Å²) in [5, 5.41) is 10.1. The molecule has 0 radical (unpaired) electrons. The summed E-state index contributed by atoms with van der Waals surface area (Å²) in [6, 6.07) is 17.5. The maximum atomic E-state index is 13.9. The molecule has 3 aromatic rings. The molecule has 0 bridgehead atoms. The molecule has 11 nitrogen and oxygen atoms in total. The molecule has 4 amide bonds. The van der Waals surface area contributed by atoms with Gasteiger partial charge in [0.1, 0.15) is 0 Å². The number of benzene rings is 2. The number of amidine groups is 1. The third-order valence-electron chi connectivity index (χ3n) is 7.65. The first-order valence-corrected chi connectivity index (χ1v) is 14.1. The number of hydrogen-bond donors (Lipinski definition) is 2. The lowest BCUT2D eigenvalue weighted by atomic mass is 9.94. The van der Waals surface area contributed by atoms with Gasteiger partial charge in [-0.1, -0.05) is 42.5 Å². The number of quaternary nitrogens is 1. The van der Waals surface area contributed by atoms with Crippen molar-refractivity contribution < 1.29 is 23.5 Å². The molecule has 2 aliphatic heterocycles. The molecule has 42 heavy (non-hydrogen) atoms. The number of piperazine rings is 1. The Morgan fingerprint density at radius 3 is 2.36 bits per heavy atom. The van der Waals surface area contributed by atoms with Gasteiger partial charge in [0.25, 0.3) is 5.91 Å². The van der Waals surface area contributed by atoms with E-state index in [0.717, 1.165) is 43.9 Å². The lowest BCUT2D eigenvalue weighted by Crippen LogP contribution is -2.61. The zero-order valence-electron chi connectivity index (χ0n) is 24.4. The fraction of sp³-hybridized carbons (Fsp3) is 0.355. The number of rotatable bonds is 6. The number of fused-ring (bicyclic) bond motifs is 1. The second kappa shape index (κ2) is 11.9. The normalized spacial score (nSPS) is 19.1. The summed E-state index contributed by atoms with van der Waals surface area (Å²) in [6.07, 6.45) is 0.430. The van der Waals surface area contributed by atoms with Gasteiger partial charge in [0, 0.05) is 48.9 Å². The first kappa shape index (κ1) is 29.2. The van der Waals surface area contributed by atoms with Crippen molar-refractivity contribution in [3.8, 4) is 0 Å². The number of nitrogens with zero attached hydrogens (tertiary/aromatic N) is 4. The van der Waals surface area contributed by atoms with Gasteiger partial charge < -0.3 is 14.1 Å². The van der Waals surface area contributed by atoms with Crippen LogP contribution in [-0.4, -0.2) is 73.5 Å². The van der Waals surface area contributed by atoms with Gasteiger partial charge in [-0.15, -0.1) is 0 Å². The molecule has 0 spiro atoms. The van der Waals surface area contributed by atoms with E-state index < -0.39 is 28.2 Å². The van der Waals surface area contributed by atoms with Crippen molar-refractivity contribution in [2.75, 3.05) is 39.8 Å². The second-order valence-electron chi connectivity index (χ2n) is 11.1. The molecule has 2 N–H and O–H groups in total. The van der Waals surface area contributed by atoms with E-state index in [-0.39, 0.29) is 23.9 Å². The molecular weight excluding hydrogens is 536 g/mol. The lowest BCUT2D eigenvalue weighted by molar-refractivity contribution is 0.0973. The van der Waals surface area contributed by atoms with Crippen LogP contribution in [0.1, 0.15) is 48.0 Å². The monoisotopic (exact) mass is 573 g/mol. The SMILES string of the molecule is CCOC(=O)[N+]1(C(=O)NC(C)(C)c2ccccc2)N=C(NC(=O)c2ccc(CN3CCN(C)CC3)cc2)c2occc21. The fourth-order valence-corrected chi connectivity index (χ4v) is 5.14. The number of amides is 4. The predicted molar refractivity (Wildman–Crippen MR) is 159 cm³/mol. The second-order valence-corrected chi connectivity index (χ2v) is 11.1. The van der Waals surface area contributed by atoms with Gasteiger partial charge in [0.05, 0.1) is 18.4 Å². The number of urea groups is 1. The number of carbonyl (C=O) groups is 3. The molecule has 1 unspecified atom stereocenters. The first-order chi connectivity index (χ1) is 20.1. The van der Waals surface area contributed by atoms with Gasteiger partial charge in [-0.3, -0.25) is 20.3 Å². The Kier molecular flexibility index (Phi) is 8.26. The van der Waals surface area contributed by atoms with E-state index in [1.165, 1.54) is 12.3 Å². The van der Waals surface area contributed by atoms with Crippen LogP contribution in [0.2, 0.25) is 0 Å². The number of hydrogen-bond acceptors (Lipinski definition) is 8. The van der Waals surface area contributed by atoms with Crippen molar-refractivity contribution in [1.82, 2.24) is 25.0 Å². The van der Waals surface area contributed by atoms with Crippen LogP contribution in [0.25, 0.3) is 0 Å². The minimum absolute atomic E-state index is 0.0269. The standard InChI is InChI=1S/C31H36N6O5/c1-5-41-30(40)37(29(39)33-31(2,3)24-9-7-6-8-10-24)25-15-20-42-26(25)27(34-37)32-28(38)23-13-11-22(12-14-23)21-36-18-16-35(4)17-19-36/h6-15,20H,5,16-19,21H2,1-4H3,(H-,32,33,34,38,39)/p+1. The van der Waals surface area contributed by atoms with Crippen LogP contribution >= 0.6 is 0 Å². The summed E-state index contributed by atoms with van der Waals surface area (Å²) in [4.78, 5) is 45.4. The molecule has 2 aliphatic rings. The number of likely N-dealkylation sites (N-methyl/N-ethyl adjacent to an activating group) is 1. The van der Waals surface area contributed by atoms with E-state index in [4.69, 9.17) is 9.15 Å². The minimum Gasteiger partial charge on any atom is -0.454 e. The molecule has 2 aromatic carbocycles. The van der Waals surface area contributed by atoms with Crippen molar-refractivity contribution in [3.05, 3.63) is 89.4 Å². The Morgan fingerprint density at radius 2 is 1.69 bits per heavy atom. The summed E-state index contributed by atoms with van der Waals surface area (Å²) in [5.74, 6) is -0.380. The van der Waals surface area contributed by atoms with Crippen LogP contribution < -0.4 is 15.2 Å². The van der Waals surface area contributed by atoms with Gasteiger partial charge in [-0.05, 0) is 56.2 Å². The maximum Gasteiger partial charge on any atom is 0.558 e. The zero-order chi connectivity index (χ0) is 29.9. The summed E-state index contributed by atoms with van der Waals surface area (Å²) in [7, 11) is 2.12. The van der Waals surface area contributed by atoms with Crippen molar-refractivity contribution in [2.45, 2.75) is 32.9 Å². The third kappa shape index (κ3) is 5.71. The Labute approximate surface area is 245 Å². The molecule has 11 heteroatoms. The number of furan rings is 1. The van der Waals surface area contributed by atoms with Gasteiger partial charge in [-0.2, -0.15) is 4.79 Å². The van der Waals surface area contributed by atoms with E-state index in [1.54, 1.807) is 19.1 Å². The third-order valence-corrected chi connectivity index (χ3v) is 7.65. The summed E-state index contributed by atoms with van der Waals surface area (Å²) >= 11 is 0. The number of nitrogens with one attached hydrogen (secondary N) is 2. The highest BCUT2D eigenvalue weighted by Crippen LogP contribution is 2.38. The van der Waals surface area contributed by atoms with Gasteiger partial charge >= 0.3 is 12.1 Å². The number of ether oxygens (including phenoxy) is 1. The Hall–Kier alpha value is -4.32. The molecule has 1 aromatic heterocycles. The quantitative estimate of drug-likeness (QED) is 0.424. The molecule has 220 valence electrons. The molecule has 5 rings (SSSR count). The summed E-state index contributed by atoms with van der Waals surface area (Å²) in [6.45, 7) is 10.2. The molecule has 1 fully saturated rings. The van der Waals surface area contributed by atoms with E-state index in [9.17, 15) is 14.4 Å². The van der Waals surface area contributed by atoms with Gasteiger partial charge in [-0.25, -0.2) is 4.79 Å². The van der Waals surface area contributed by atoms with Crippen LogP contribution in [0.5, 0.6) is 0 Å². The average molecular weight is 574 g/mol. The van der Waals surface area contributed by atoms with E-state index in [0.29, 0.717) is 5.56 Å².